The molecule has 28 heavy (non-hydrogen) atoms. The van der Waals surface area contributed by atoms with Gasteiger partial charge in [0.15, 0.2) is 0 Å². The van der Waals surface area contributed by atoms with Gasteiger partial charge < -0.3 is 4.18 Å². The van der Waals surface area contributed by atoms with E-state index in [1.165, 1.54) is 24.8 Å². The molecule has 2 atom stereocenters. The fraction of sp³-hybridized carbons (Fsp3) is 0.0667. The van der Waals surface area contributed by atoms with Crippen LogP contribution in [0.25, 0.3) is 0 Å². The second kappa shape index (κ2) is 8.55. The molecule has 0 saturated carbocycles. The van der Waals surface area contributed by atoms with E-state index in [1.807, 2.05) is 0 Å². The molecule has 2 unspecified atom stereocenters. The van der Waals surface area contributed by atoms with Crippen molar-refractivity contribution < 1.29 is 26.1 Å². The van der Waals surface area contributed by atoms with E-state index in [0.717, 1.165) is 0 Å². The number of hydrogen-bond acceptors (Lipinski definition) is 9. The molecule has 0 aliphatic heterocycles. The normalized spacial score (nSPS) is 13.8. The van der Waals surface area contributed by atoms with Gasteiger partial charge in [0.2, 0.25) is 11.1 Å². The fourth-order valence-electron chi connectivity index (χ4n) is 2.58. The highest BCUT2D eigenvalue weighted by Gasteiger charge is 2.20. The SMILES string of the molecule is NOOS(=O)c1cccc(C(c2cccc(OS(N)(=O)=O)c2)n2cncn2)c1. The molecule has 0 amide bonds. The summed E-state index contributed by atoms with van der Waals surface area (Å²) in [5, 5.41) is 9.09. The molecule has 2 aromatic carbocycles. The van der Waals surface area contributed by atoms with Crippen LogP contribution < -0.4 is 15.2 Å². The summed E-state index contributed by atoms with van der Waals surface area (Å²) in [6.07, 6.45) is 2.84. The second-order valence-electron chi connectivity index (χ2n) is 5.40. The van der Waals surface area contributed by atoms with Gasteiger partial charge in [0.1, 0.15) is 24.4 Å². The number of hydrogen-bond donors (Lipinski definition) is 2. The van der Waals surface area contributed by atoms with Gasteiger partial charge in [-0.15, -0.1) is 9.32 Å². The lowest BCUT2D eigenvalue weighted by molar-refractivity contribution is -0.201. The van der Waals surface area contributed by atoms with Gasteiger partial charge in [-0.25, -0.2) is 13.9 Å². The van der Waals surface area contributed by atoms with E-state index in [4.69, 9.17) is 15.2 Å². The van der Waals surface area contributed by atoms with Gasteiger partial charge in [-0.1, -0.05) is 24.3 Å². The second-order valence-corrected chi connectivity index (χ2v) is 7.63. The first-order valence-corrected chi connectivity index (χ1v) is 10.1. The Hall–Kier alpha value is -2.68. The molecular formula is C15H15N5O6S2. The molecule has 3 aromatic rings. The van der Waals surface area contributed by atoms with Crippen LogP contribution in [0.5, 0.6) is 5.75 Å². The molecule has 0 fully saturated rings. The van der Waals surface area contributed by atoms with Gasteiger partial charge in [0.05, 0.1) is 4.90 Å². The Morgan fingerprint density at radius 1 is 1.11 bits per heavy atom. The first kappa shape index (κ1) is 20.1. The Balaban J connectivity index is 2.06. The van der Waals surface area contributed by atoms with Crippen LogP contribution in [0, 0.1) is 0 Å². The van der Waals surface area contributed by atoms with Crippen LogP contribution in [0.2, 0.25) is 0 Å². The van der Waals surface area contributed by atoms with Gasteiger partial charge in [0.25, 0.3) is 0 Å². The molecule has 1 aromatic heterocycles. The minimum Gasteiger partial charge on any atom is -0.371 e. The van der Waals surface area contributed by atoms with Crippen molar-refractivity contribution in [1.82, 2.24) is 14.8 Å². The lowest BCUT2D eigenvalue weighted by atomic mass is 9.99. The quantitative estimate of drug-likeness (QED) is 0.383. The van der Waals surface area contributed by atoms with Gasteiger partial charge in [-0.2, -0.15) is 24.6 Å². The van der Waals surface area contributed by atoms with E-state index in [1.54, 1.807) is 41.1 Å². The summed E-state index contributed by atoms with van der Waals surface area (Å²) in [6, 6.07) is 12.4. The van der Waals surface area contributed by atoms with E-state index >= 15 is 0 Å². The highest BCUT2D eigenvalue weighted by molar-refractivity contribution is 7.84. The molecule has 3 rings (SSSR count). The van der Waals surface area contributed by atoms with E-state index in [-0.39, 0.29) is 5.75 Å². The van der Waals surface area contributed by atoms with E-state index in [2.05, 4.69) is 19.4 Å². The Morgan fingerprint density at radius 2 is 1.82 bits per heavy atom. The third-order valence-electron chi connectivity index (χ3n) is 3.55. The monoisotopic (exact) mass is 425 g/mol. The van der Waals surface area contributed by atoms with Crippen molar-refractivity contribution in [3.8, 4) is 5.75 Å². The Bertz CT molecular complexity index is 1070. The van der Waals surface area contributed by atoms with Crippen molar-refractivity contribution in [3.05, 3.63) is 72.3 Å². The van der Waals surface area contributed by atoms with Crippen LogP contribution in [-0.2, 0) is 30.7 Å². The van der Waals surface area contributed by atoms with Crippen molar-refractivity contribution in [2.45, 2.75) is 10.9 Å². The third kappa shape index (κ3) is 4.98. The van der Waals surface area contributed by atoms with Crippen molar-refractivity contribution in [1.29, 1.82) is 0 Å². The summed E-state index contributed by atoms with van der Waals surface area (Å²) < 4.78 is 45.2. The van der Waals surface area contributed by atoms with E-state index in [0.29, 0.717) is 16.0 Å². The number of benzene rings is 2. The summed E-state index contributed by atoms with van der Waals surface area (Å²) in [4.78, 5) is 8.21. The maximum atomic E-state index is 12.0. The predicted octanol–water partition coefficient (Wildman–Crippen LogP) is 0.343. The van der Waals surface area contributed by atoms with Crippen molar-refractivity contribution in [2.24, 2.45) is 11.0 Å². The van der Waals surface area contributed by atoms with Crippen LogP contribution in [0.4, 0.5) is 0 Å². The van der Waals surface area contributed by atoms with Crippen molar-refractivity contribution in [3.63, 3.8) is 0 Å². The summed E-state index contributed by atoms with van der Waals surface area (Å²) in [5.41, 5.74) is 1.27. The summed E-state index contributed by atoms with van der Waals surface area (Å²) in [5.74, 6) is 4.82. The average molecular weight is 425 g/mol. The number of nitrogens with zero attached hydrogens (tertiary/aromatic N) is 3. The van der Waals surface area contributed by atoms with E-state index < -0.39 is 27.4 Å². The molecule has 13 heteroatoms. The van der Waals surface area contributed by atoms with Crippen LogP contribution in [0.3, 0.4) is 0 Å². The van der Waals surface area contributed by atoms with Crippen LogP contribution >= 0.6 is 0 Å². The zero-order chi connectivity index (χ0) is 20.1. The Labute approximate surface area is 162 Å². The van der Waals surface area contributed by atoms with Crippen molar-refractivity contribution >= 4 is 21.4 Å². The number of aromatic nitrogens is 3. The maximum Gasteiger partial charge on any atom is 0.380 e. The van der Waals surface area contributed by atoms with E-state index in [9.17, 15) is 12.6 Å². The standard InChI is InChI=1S/C15H15N5O6S2/c16-25-26-27(21)14-6-2-4-12(8-14)15(20-10-18-9-19-20)11-3-1-5-13(7-11)24-28(17,22)23/h1-10,15H,16H2,(H2,17,22,23). The zero-order valence-electron chi connectivity index (χ0n) is 14.1. The lowest BCUT2D eigenvalue weighted by Crippen LogP contribution is -2.19. The van der Waals surface area contributed by atoms with Crippen molar-refractivity contribution in [2.75, 3.05) is 0 Å². The highest BCUT2D eigenvalue weighted by atomic mass is 32.2. The predicted molar refractivity (Wildman–Crippen MR) is 96.6 cm³/mol. The topological polar surface area (TPSA) is 162 Å². The first-order valence-electron chi connectivity index (χ1n) is 7.59. The average Bonchev–Trinajstić information content (AvgIpc) is 3.15. The molecule has 0 aliphatic carbocycles. The lowest BCUT2D eigenvalue weighted by Gasteiger charge is -2.19. The molecule has 4 N–H and O–H groups in total. The molecule has 0 radical (unpaired) electrons. The maximum absolute atomic E-state index is 12.0. The molecular weight excluding hydrogens is 410 g/mol. The summed E-state index contributed by atoms with van der Waals surface area (Å²) >= 11 is -1.94. The third-order valence-corrected chi connectivity index (χ3v) is 4.82. The molecule has 148 valence electrons. The van der Waals surface area contributed by atoms with Gasteiger partial charge in [-0.05, 0) is 35.4 Å². The first-order chi connectivity index (χ1) is 13.4. The molecule has 1 heterocycles. The molecule has 11 nitrogen and oxygen atoms in total. The van der Waals surface area contributed by atoms with Gasteiger partial charge in [0, 0.05) is 0 Å². The molecule has 0 saturated heterocycles. The fourth-order valence-corrected chi connectivity index (χ4v) is 3.53. The van der Waals surface area contributed by atoms with Gasteiger partial charge in [-0.3, -0.25) is 0 Å². The number of rotatable bonds is 8. The number of nitrogens with two attached hydrogens (primary N) is 2. The molecule has 0 bridgehead atoms. The molecule has 0 aliphatic rings. The summed E-state index contributed by atoms with van der Waals surface area (Å²) in [7, 11) is -4.18. The zero-order valence-corrected chi connectivity index (χ0v) is 15.7. The smallest absolute Gasteiger partial charge is 0.371 e. The Kier molecular flexibility index (Phi) is 6.13. The molecule has 0 spiro atoms. The largest absolute Gasteiger partial charge is 0.380 e. The minimum absolute atomic E-state index is 0.0321. The van der Waals surface area contributed by atoms with Crippen LogP contribution in [0.15, 0.2) is 66.1 Å². The Morgan fingerprint density at radius 3 is 2.46 bits per heavy atom. The highest BCUT2D eigenvalue weighted by Crippen LogP contribution is 2.29. The van der Waals surface area contributed by atoms with Gasteiger partial charge >= 0.3 is 10.3 Å². The van der Waals surface area contributed by atoms with Crippen LogP contribution in [0.1, 0.15) is 17.2 Å². The summed E-state index contributed by atoms with van der Waals surface area (Å²) in [6.45, 7) is 0. The van der Waals surface area contributed by atoms with Crippen LogP contribution in [-0.4, -0.2) is 27.4 Å². The minimum atomic E-state index is -4.18.